The molecule has 0 aliphatic carbocycles. The predicted molar refractivity (Wildman–Crippen MR) is 88.2 cm³/mol. The first-order valence-electron chi connectivity index (χ1n) is 7.56. The lowest BCUT2D eigenvalue weighted by atomic mass is 9.86. The standard InChI is InChI=1S/C15H21N7O/c1-15(2,3)10(8-22-6-4-5-19-22)20-14-12-13(17-9-18-14)16-7-11(23)21-12/h4-6,9-10H,7-8H2,1-3H3,(H,21,23)(H2,16,17,18,20)/t10-/m1/s1. The Kier molecular flexibility index (Phi) is 3.89. The minimum Gasteiger partial charge on any atom is -0.363 e. The fraction of sp³-hybridized carbons (Fsp3) is 0.467. The van der Waals surface area contributed by atoms with Crippen molar-refractivity contribution < 1.29 is 4.79 Å². The molecule has 1 amide bonds. The molecule has 1 aliphatic heterocycles. The van der Waals surface area contributed by atoms with Crippen LogP contribution in [-0.4, -0.2) is 38.2 Å². The number of nitrogens with one attached hydrogen (secondary N) is 3. The number of anilines is 3. The van der Waals surface area contributed by atoms with E-state index in [4.69, 9.17) is 0 Å². The molecule has 0 saturated carbocycles. The second-order valence-corrected chi connectivity index (χ2v) is 6.64. The third-order valence-electron chi connectivity index (χ3n) is 3.81. The molecule has 2 aromatic rings. The summed E-state index contributed by atoms with van der Waals surface area (Å²) in [5.41, 5.74) is 0.564. The predicted octanol–water partition coefficient (Wildman–Crippen LogP) is 1.56. The quantitative estimate of drug-likeness (QED) is 0.792. The lowest BCUT2D eigenvalue weighted by Crippen LogP contribution is -2.39. The first-order chi connectivity index (χ1) is 10.9. The van der Waals surface area contributed by atoms with E-state index in [1.807, 2.05) is 16.9 Å². The highest BCUT2D eigenvalue weighted by Crippen LogP contribution is 2.32. The molecule has 0 radical (unpaired) electrons. The SMILES string of the molecule is CC(C)(C)[C@@H](Cn1cccn1)Nc1ncnc2c1NC(=O)CN2. The number of fused-ring (bicyclic) bond motifs is 1. The van der Waals surface area contributed by atoms with Gasteiger partial charge in [-0.15, -0.1) is 0 Å². The number of aromatic nitrogens is 4. The van der Waals surface area contributed by atoms with Crippen LogP contribution in [0, 0.1) is 5.41 Å². The average molecular weight is 315 g/mol. The normalized spacial score (nSPS) is 15.3. The van der Waals surface area contributed by atoms with Gasteiger partial charge in [0.25, 0.3) is 0 Å². The molecule has 1 aliphatic rings. The molecule has 2 aromatic heterocycles. The highest BCUT2D eigenvalue weighted by atomic mass is 16.2. The lowest BCUT2D eigenvalue weighted by Gasteiger charge is -2.33. The summed E-state index contributed by atoms with van der Waals surface area (Å²) < 4.78 is 1.88. The average Bonchev–Trinajstić information content (AvgIpc) is 2.99. The molecule has 0 fully saturated rings. The van der Waals surface area contributed by atoms with Crippen molar-refractivity contribution >= 4 is 23.2 Å². The van der Waals surface area contributed by atoms with Gasteiger partial charge in [0.2, 0.25) is 5.91 Å². The molecule has 0 saturated heterocycles. The third-order valence-corrected chi connectivity index (χ3v) is 3.81. The number of hydrogen-bond acceptors (Lipinski definition) is 6. The smallest absolute Gasteiger partial charge is 0.243 e. The molecule has 122 valence electrons. The minimum absolute atomic E-state index is 0.0319. The van der Waals surface area contributed by atoms with Crippen molar-refractivity contribution in [1.29, 1.82) is 0 Å². The second-order valence-electron chi connectivity index (χ2n) is 6.64. The van der Waals surface area contributed by atoms with Crippen LogP contribution in [0.2, 0.25) is 0 Å². The highest BCUT2D eigenvalue weighted by Gasteiger charge is 2.28. The van der Waals surface area contributed by atoms with Crippen molar-refractivity contribution in [2.24, 2.45) is 5.41 Å². The van der Waals surface area contributed by atoms with Gasteiger partial charge in [-0.2, -0.15) is 5.10 Å². The Morgan fingerprint density at radius 1 is 1.39 bits per heavy atom. The molecule has 0 bridgehead atoms. The number of hydrogen-bond donors (Lipinski definition) is 3. The maximum atomic E-state index is 11.6. The van der Waals surface area contributed by atoms with Crippen LogP contribution in [-0.2, 0) is 11.3 Å². The Morgan fingerprint density at radius 2 is 2.22 bits per heavy atom. The van der Waals surface area contributed by atoms with Crippen LogP contribution < -0.4 is 16.0 Å². The first-order valence-corrected chi connectivity index (χ1v) is 7.56. The van der Waals surface area contributed by atoms with E-state index in [2.05, 4.69) is 51.8 Å². The molecule has 1 atom stereocenters. The fourth-order valence-electron chi connectivity index (χ4n) is 2.39. The van der Waals surface area contributed by atoms with Gasteiger partial charge in [0, 0.05) is 12.4 Å². The molecular weight excluding hydrogens is 294 g/mol. The Labute approximate surface area is 134 Å². The highest BCUT2D eigenvalue weighted by molar-refractivity contribution is 6.02. The maximum absolute atomic E-state index is 11.6. The van der Waals surface area contributed by atoms with E-state index in [1.165, 1.54) is 6.33 Å². The number of nitrogens with zero attached hydrogens (tertiary/aromatic N) is 4. The summed E-state index contributed by atoms with van der Waals surface area (Å²) in [4.78, 5) is 20.1. The zero-order valence-electron chi connectivity index (χ0n) is 13.5. The number of amides is 1. The summed E-state index contributed by atoms with van der Waals surface area (Å²) in [6.07, 6.45) is 5.18. The van der Waals surface area contributed by atoms with E-state index in [0.29, 0.717) is 23.9 Å². The molecular formula is C15H21N7O. The van der Waals surface area contributed by atoms with Gasteiger partial charge >= 0.3 is 0 Å². The second kappa shape index (κ2) is 5.86. The van der Waals surface area contributed by atoms with Crippen molar-refractivity contribution in [2.45, 2.75) is 33.4 Å². The van der Waals surface area contributed by atoms with E-state index < -0.39 is 0 Å². The van der Waals surface area contributed by atoms with Crippen LogP contribution in [0.4, 0.5) is 17.3 Å². The Morgan fingerprint density at radius 3 is 2.91 bits per heavy atom. The zero-order valence-corrected chi connectivity index (χ0v) is 13.5. The molecule has 8 nitrogen and oxygen atoms in total. The third kappa shape index (κ3) is 3.41. The van der Waals surface area contributed by atoms with E-state index in [9.17, 15) is 4.79 Å². The van der Waals surface area contributed by atoms with E-state index in [1.54, 1.807) is 6.20 Å². The van der Waals surface area contributed by atoms with Crippen molar-refractivity contribution in [3.8, 4) is 0 Å². The fourth-order valence-corrected chi connectivity index (χ4v) is 2.39. The van der Waals surface area contributed by atoms with E-state index in [0.717, 1.165) is 0 Å². The van der Waals surface area contributed by atoms with Gasteiger partial charge in [-0.05, 0) is 11.5 Å². The van der Waals surface area contributed by atoms with Crippen molar-refractivity contribution in [3.05, 3.63) is 24.8 Å². The Hall–Kier alpha value is -2.64. The Balaban J connectivity index is 1.87. The monoisotopic (exact) mass is 315 g/mol. The molecule has 0 unspecified atom stereocenters. The number of carbonyl (C=O) groups is 1. The maximum Gasteiger partial charge on any atom is 0.243 e. The van der Waals surface area contributed by atoms with Gasteiger partial charge in [0.1, 0.15) is 12.0 Å². The van der Waals surface area contributed by atoms with Crippen LogP contribution in [0.3, 0.4) is 0 Å². The molecule has 0 spiro atoms. The van der Waals surface area contributed by atoms with Crippen LogP contribution in [0.25, 0.3) is 0 Å². The summed E-state index contributed by atoms with van der Waals surface area (Å²) in [6, 6.07) is 1.97. The van der Waals surface area contributed by atoms with Crippen LogP contribution in [0.5, 0.6) is 0 Å². The van der Waals surface area contributed by atoms with E-state index in [-0.39, 0.29) is 23.9 Å². The van der Waals surface area contributed by atoms with Crippen molar-refractivity contribution in [1.82, 2.24) is 19.7 Å². The van der Waals surface area contributed by atoms with Gasteiger partial charge < -0.3 is 16.0 Å². The van der Waals surface area contributed by atoms with Gasteiger partial charge in [0.05, 0.1) is 19.1 Å². The lowest BCUT2D eigenvalue weighted by molar-refractivity contribution is -0.114. The summed E-state index contributed by atoms with van der Waals surface area (Å²) in [5, 5.41) is 13.5. The largest absolute Gasteiger partial charge is 0.363 e. The molecule has 0 aromatic carbocycles. The summed E-state index contributed by atoms with van der Waals surface area (Å²) >= 11 is 0. The number of carbonyl (C=O) groups excluding carboxylic acids is 1. The first kappa shape index (κ1) is 15.3. The van der Waals surface area contributed by atoms with Gasteiger partial charge in [-0.3, -0.25) is 9.48 Å². The molecule has 8 heteroatoms. The van der Waals surface area contributed by atoms with Gasteiger partial charge in [0.15, 0.2) is 11.6 Å². The number of rotatable bonds is 4. The van der Waals surface area contributed by atoms with Crippen LogP contribution in [0.1, 0.15) is 20.8 Å². The van der Waals surface area contributed by atoms with Crippen molar-refractivity contribution in [2.75, 3.05) is 22.5 Å². The topological polar surface area (TPSA) is 96.8 Å². The van der Waals surface area contributed by atoms with Crippen molar-refractivity contribution in [3.63, 3.8) is 0 Å². The van der Waals surface area contributed by atoms with Crippen LogP contribution in [0.15, 0.2) is 24.8 Å². The summed E-state index contributed by atoms with van der Waals surface area (Å²) in [5.74, 6) is 1.14. The summed E-state index contributed by atoms with van der Waals surface area (Å²) in [6.45, 7) is 7.37. The molecule has 23 heavy (non-hydrogen) atoms. The molecule has 3 heterocycles. The Bertz CT molecular complexity index is 690. The van der Waals surface area contributed by atoms with Gasteiger partial charge in [-0.1, -0.05) is 20.8 Å². The molecule has 3 rings (SSSR count). The van der Waals surface area contributed by atoms with E-state index >= 15 is 0 Å². The summed E-state index contributed by atoms with van der Waals surface area (Å²) in [7, 11) is 0. The van der Waals surface area contributed by atoms with Crippen LogP contribution >= 0.6 is 0 Å². The van der Waals surface area contributed by atoms with Gasteiger partial charge in [-0.25, -0.2) is 9.97 Å². The minimum atomic E-state index is -0.102. The zero-order chi connectivity index (χ0) is 16.4. The molecule has 3 N–H and O–H groups in total.